The Kier molecular flexibility index (Phi) is 5.40. The molecule has 3 rings (SSSR count). The predicted octanol–water partition coefficient (Wildman–Crippen LogP) is 1.01. The van der Waals surface area contributed by atoms with Gasteiger partial charge in [0.05, 0.1) is 18.3 Å². The van der Waals surface area contributed by atoms with Gasteiger partial charge in [-0.2, -0.15) is 0 Å². The zero-order valence-corrected chi connectivity index (χ0v) is 13.4. The summed E-state index contributed by atoms with van der Waals surface area (Å²) in [5, 5.41) is 2.86. The van der Waals surface area contributed by atoms with E-state index < -0.39 is 0 Å². The normalized spacial score (nSPS) is 18.2. The summed E-state index contributed by atoms with van der Waals surface area (Å²) in [5.74, 6) is -0.213. The summed E-state index contributed by atoms with van der Waals surface area (Å²) in [7, 11) is 0. The van der Waals surface area contributed by atoms with Crippen molar-refractivity contribution in [3.8, 4) is 0 Å². The molecule has 6 heteroatoms. The van der Waals surface area contributed by atoms with Crippen LogP contribution in [0.25, 0.3) is 0 Å². The standard InChI is InChI=1S/C18H21N3O3/c22-17-7-6-15(10-19-17)18(23)20-11-16-13-21(8-9-24-16)12-14-4-2-1-3-5-14/h1-7,10,16H,8-9,11-13H2,(H,19,22)(H,20,23). The lowest BCUT2D eigenvalue weighted by Gasteiger charge is -2.33. The number of ether oxygens (including phenoxy) is 1. The summed E-state index contributed by atoms with van der Waals surface area (Å²) >= 11 is 0. The lowest BCUT2D eigenvalue weighted by atomic mass is 10.2. The number of aromatic nitrogens is 1. The quantitative estimate of drug-likeness (QED) is 0.859. The molecule has 6 nitrogen and oxygen atoms in total. The van der Waals surface area contributed by atoms with Crippen LogP contribution >= 0.6 is 0 Å². The van der Waals surface area contributed by atoms with E-state index in [9.17, 15) is 9.59 Å². The number of hydrogen-bond acceptors (Lipinski definition) is 4. The van der Waals surface area contributed by atoms with Crippen LogP contribution in [-0.4, -0.2) is 48.1 Å². The van der Waals surface area contributed by atoms with E-state index in [-0.39, 0.29) is 17.6 Å². The number of pyridine rings is 1. The van der Waals surface area contributed by atoms with Crippen molar-refractivity contribution in [3.63, 3.8) is 0 Å². The molecule has 1 unspecified atom stereocenters. The highest BCUT2D eigenvalue weighted by Crippen LogP contribution is 2.10. The Balaban J connectivity index is 1.49. The van der Waals surface area contributed by atoms with Gasteiger partial charge < -0.3 is 15.0 Å². The van der Waals surface area contributed by atoms with Crippen LogP contribution in [0, 0.1) is 0 Å². The first-order valence-corrected chi connectivity index (χ1v) is 8.05. The third kappa shape index (κ3) is 4.53. The zero-order valence-electron chi connectivity index (χ0n) is 13.4. The van der Waals surface area contributed by atoms with Gasteiger partial charge >= 0.3 is 0 Å². The second kappa shape index (κ2) is 7.90. The number of H-pyrrole nitrogens is 1. The van der Waals surface area contributed by atoms with Gasteiger partial charge in [0.15, 0.2) is 0 Å². The SMILES string of the molecule is O=C(NCC1CN(Cc2ccccc2)CCO1)c1ccc(=O)[nH]c1. The van der Waals surface area contributed by atoms with Crippen LogP contribution in [0.4, 0.5) is 0 Å². The number of hydrogen-bond donors (Lipinski definition) is 2. The van der Waals surface area contributed by atoms with Crippen LogP contribution in [0.15, 0.2) is 53.5 Å². The third-order valence-corrected chi connectivity index (χ3v) is 4.01. The molecule has 1 aliphatic heterocycles. The summed E-state index contributed by atoms with van der Waals surface area (Å²) in [5.41, 5.74) is 1.49. The lowest BCUT2D eigenvalue weighted by molar-refractivity contribution is -0.0292. The molecule has 1 aromatic heterocycles. The Bertz CT molecular complexity index is 709. The number of nitrogens with zero attached hydrogens (tertiary/aromatic N) is 1. The van der Waals surface area contributed by atoms with Gasteiger partial charge in [-0.25, -0.2) is 0 Å². The molecule has 24 heavy (non-hydrogen) atoms. The highest BCUT2D eigenvalue weighted by molar-refractivity contribution is 5.93. The molecular weight excluding hydrogens is 306 g/mol. The van der Waals surface area contributed by atoms with Crippen LogP contribution in [0.2, 0.25) is 0 Å². The average molecular weight is 327 g/mol. The van der Waals surface area contributed by atoms with Gasteiger partial charge in [0, 0.05) is 38.4 Å². The molecule has 1 aromatic carbocycles. The minimum absolute atomic E-state index is 0.0332. The van der Waals surface area contributed by atoms with Gasteiger partial charge in [-0.15, -0.1) is 0 Å². The molecule has 1 atom stereocenters. The Labute approximate surface area is 140 Å². The Morgan fingerprint density at radius 1 is 1.25 bits per heavy atom. The molecule has 2 heterocycles. The van der Waals surface area contributed by atoms with Gasteiger partial charge in [0.2, 0.25) is 5.56 Å². The minimum atomic E-state index is -0.223. The van der Waals surface area contributed by atoms with Crippen molar-refractivity contribution in [2.24, 2.45) is 0 Å². The van der Waals surface area contributed by atoms with Crippen LogP contribution in [-0.2, 0) is 11.3 Å². The second-order valence-electron chi connectivity index (χ2n) is 5.87. The van der Waals surface area contributed by atoms with Crippen molar-refractivity contribution >= 4 is 5.91 Å². The molecule has 2 aromatic rings. The largest absolute Gasteiger partial charge is 0.374 e. The fraction of sp³-hybridized carbons (Fsp3) is 0.333. The van der Waals surface area contributed by atoms with Crippen molar-refractivity contribution in [3.05, 3.63) is 70.1 Å². The first-order valence-electron chi connectivity index (χ1n) is 8.05. The summed E-state index contributed by atoms with van der Waals surface area (Å²) < 4.78 is 5.74. The third-order valence-electron chi connectivity index (χ3n) is 4.01. The number of carbonyl (C=O) groups excluding carboxylic acids is 1. The molecule has 1 amide bonds. The van der Waals surface area contributed by atoms with Crippen LogP contribution in [0.1, 0.15) is 15.9 Å². The Morgan fingerprint density at radius 3 is 2.83 bits per heavy atom. The van der Waals surface area contributed by atoms with E-state index in [2.05, 4.69) is 27.3 Å². The summed E-state index contributed by atoms with van der Waals surface area (Å²) in [6.07, 6.45) is 1.38. The van der Waals surface area contributed by atoms with E-state index in [1.54, 1.807) is 0 Å². The van der Waals surface area contributed by atoms with Crippen molar-refractivity contribution < 1.29 is 9.53 Å². The average Bonchev–Trinajstić information content (AvgIpc) is 2.61. The predicted molar refractivity (Wildman–Crippen MR) is 90.9 cm³/mol. The molecule has 1 aliphatic rings. The van der Waals surface area contributed by atoms with Gasteiger partial charge in [0.1, 0.15) is 0 Å². The molecular formula is C18H21N3O3. The van der Waals surface area contributed by atoms with Gasteiger partial charge in [-0.1, -0.05) is 30.3 Å². The van der Waals surface area contributed by atoms with Crippen molar-refractivity contribution in [2.75, 3.05) is 26.2 Å². The van der Waals surface area contributed by atoms with Crippen molar-refractivity contribution in [1.82, 2.24) is 15.2 Å². The molecule has 0 aliphatic carbocycles. The number of carbonyl (C=O) groups is 1. The summed E-state index contributed by atoms with van der Waals surface area (Å²) in [4.78, 5) is 27.9. The topological polar surface area (TPSA) is 74.4 Å². The fourth-order valence-corrected chi connectivity index (χ4v) is 2.75. The smallest absolute Gasteiger partial charge is 0.252 e. The van der Waals surface area contributed by atoms with E-state index in [1.165, 1.54) is 23.9 Å². The first-order chi connectivity index (χ1) is 11.7. The molecule has 1 saturated heterocycles. The highest BCUT2D eigenvalue weighted by atomic mass is 16.5. The highest BCUT2D eigenvalue weighted by Gasteiger charge is 2.21. The summed E-state index contributed by atoms with van der Waals surface area (Å²) in [6, 6.07) is 13.2. The van der Waals surface area contributed by atoms with Crippen molar-refractivity contribution in [2.45, 2.75) is 12.6 Å². The molecule has 2 N–H and O–H groups in total. The Hall–Kier alpha value is -2.44. The molecule has 126 valence electrons. The van der Waals surface area contributed by atoms with E-state index >= 15 is 0 Å². The minimum Gasteiger partial charge on any atom is -0.374 e. The number of morpholine rings is 1. The maximum Gasteiger partial charge on any atom is 0.252 e. The number of benzene rings is 1. The van der Waals surface area contributed by atoms with E-state index in [1.807, 2.05) is 18.2 Å². The molecule has 0 spiro atoms. The lowest BCUT2D eigenvalue weighted by Crippen LogP contribution is -2.47. The number of rotatable bonds is 5. The van der Waals surface area contributed by atoms with E-state index in [0.717, 1.165) is 19.6 Å². The van der Waals surface area contributed by atoms with Crippen molar-refractivity contribution in [1.29, 1.82) is 0 Å². The van der Waals surface area contributed by atoms with Gasteiger partial charge in [0.25, 0.3) is 5.91 Å². The van der Waals surface area contributed by atoms with Crippen LogP contribution in [0.3, 0.4) is 0 Å². The maximum atomic E-state index is 12.1. The number of aromatic amines is 1. The van der Waals surface area contributed by atoms with Gasteiger partial charge in [-0.3, -0.25) is 14.5 Å². The second-order valence-corrected chi connectivity index (χ2v) is 5.87. The molecule has 0 bridgehead atoms. The Morgan fingerprint density at radius 2 is 2.08 bits per heavy atom. The van der Waals surface area contributed by atoms with Gasteiger partial charge in [-0.05, 0) is 11.6 Å². The van der Waals surface area contributed by atoms with E-state index in [0.29, 0.717) is 18.7 Å². The fourth-order valence-electron chi connectivity index (χ4n) is 2.75. The summed E-state index contributed by atoms with van der Waals surface area (Å²) in [6.45, 7) is 3.66. The first kappa shape index (κ1) is 16.4. The molecule has 0 radical (unpaired) electrons. The van der Waals surface area contributed by atoms with Crippen LogP contribution < -0.4 is 10.9 Å². The number of nitrogens with one attached hydrogen (secondary N) is 2. The number of amides is 1. The van der Waals surface area contributed by atoms with Crippen LogP contribution in [0.5, 0.6) is 0 Å². The molecule has 0 saturated carbocycles. The monoisotopic (exact) mass is 327 g/mol. The van der Waals surface area contributed by atoms with E-state index in [4.69, 9.17) is 4.74 Å². The zero-order chi connectivity index (χ0) is 16.8. The maximum absolute atomic E-state index is 12.1. The molecule has 1 fully saturated rings.